The van der Waals surface area contributed by atoms with Gasteiger partial charge >= 0.3 is 0 Å². The molecule has 0 aromatic heterocycles. The molecule has 0 saturated carbocycles. The third-order valence-corrected chi connectivity index (χ3v) is 3.60. The quantitative estimate of drug-likeness (QED) is 0.640. The van der Waals surface area contributed by atoms with Crippen molar-refractivity contribution in [1.82, 2.24) is 4.90 Å². The Kier molecular flexibility index (Phi) is 1.99. The number of benzene rings is 1. The Morgan fingerprint density at radius 2 is 2.27 bits per heavy atom. The van der Waals surface area contributed by atoms with Crippen LogP contribution >= 0.6 is 0 Å². The van der Waals surface area contributed by atoms with Crippen LogP contribution in [0.4, 0.5) is 0 Å². The van der Waals surface area contributed by atoms with E-state index in [1.165, 1.54) is 11.1 Å². The summed E-state index contributed by atoms with van der Waals surface area (Å²) in [5.74, 6) is 1.71. The molecule has 1 saturated heterocycles. The summed E-state index contributed by atoms with van der Waals surface area (Å²) < 4.78 is 5.99. The van der Waals surface area contributed by atoms with Crippen LogP contribution < -0.4 is 4.74 Å². The van der Waals surface area contributed by atoms with Crippen molar-refractivity contribution in [2.75, 3.05) is 20.1 Å². The van der Waals surface area contributed by atoms with Gasteiger partial charge in [-0.05, 0) is 26.5 Å². The molecule has 2 heterocycles. The molecule has 2 unspecified atom stereocenters. The fourth-order valence-corrected chi connectivity index (χ4v) is 2.76. The van der Waals surface area contributed by atoms with Gasteiger partial charge in [0, 0.05) is 24.6 Å². The molecule has 1 aromatic carbocycles. The van der Waals surface area contributed by atoms with Gasteiger partial charge in [-0.2, -0.15) is 0 Å². The molecule has 0 aliphatic carbocycles. The van der Waals surface area contributed by atoms with E-state index < -0.39 is 0 Å². The van der Waals surface area contributed by atoms with Crippen molar-refractivity contribution in [2.24, 2.45) is 0 Å². The Hall–Kier alpha value is -1.02. The summed E-state index contributed by atoms with van der Waals surface area (Å²) in [7, 11) is 2.20. The lowest BCUT2D eigenvalue weighted by Gasteiger charge is -2.31. The van der Waals surface area contributed by atoms with Gasteiger partial charge in [0.15, 0.2) is 0 Å². The van der Waals surface area contributed by atoms with Crippen LogP contribution in [0.5, 0.6) is 5.75 Å². The van der Waals surface area contributed by atoms with Crippen molar-refractivity contribution in [3.8, 4) is 5.75 Å². The Bertz CT molecular complexity index is 388. The molecule has 2 aliphatic rings. The molecular weight excluding hydrogens is 186 g/mol. The fraction of sp³-hybridized carbons (Fsp3) is 0.538. The minimum absolute atomic E-state index is 0.429. The SMILES string of the molecule is Cc1ccc2c(c1)C1CN(C)CCC1O2. The highest BCUT2D eigenvalue weighted by Gasteiger charge is 2.37. The van der Waals surface area contributed by atoms with Crippen LogP contribution in [0.25, 0.3) is 0 Å². The van der Waals surface area contributed by atoms with Gasteiger partial charge in [-0.25, -0.2) is 0 Å². The van der Waals surface area contributed by atoms with Crippen LogP contribution in [-0.4, -0.2) is 31.1 Å². The number of likely N-dealkylation sites (tertiary alicyclic amines) is 1. The zero-order valence-electron chi connectivity index (χ0n) is 9.36. The van der Waals surface area contributed by atoms with E-state index in [0.29, 0.717) is 12.0 Å². The fourth-order valence-electron chi connectivity index (χ4n) is 2.76. The van der Waals surface area contributed by atoms with Crippen molar-refractivity contribution in [2.45, 2.75) is 25.4 Å². The molecule has 2 nitrogen and oxygen atoms in total. The van der Waals surface area contributed by atoms with E-state index in [4.69, 9.17) is 4.74 Å². The number of fused-ring (bicyclic) bond motifs is 3. The molecule has 15 heavy (non-hydrogen) atoms. The molecule has 3 rings (SSSR count). The summed E-state index contributed by atoms with van der Waals surface area (Å²) in [6.45, 7) is 4.45. The zero-order valence-corrected chi connectivity index (χ0v) is 9.36. The van der Waals surface area contributed by atoms with Gasteiger partial charge in [-0.15, -0.1) is 0 Å². The van der Waals surface area contributed by atoms with Crippen molar-refractivity contribution in [3.05, 3.63) is 29.3 Å². The van der Waals surface area contributed by atoms with Crippen LogP contribution in [0, 0.1) is 6.92 Å². The lowest BCUT2D eigenvalue weighted by molar-refractivity contribution is 0.118. The van der Waals surface area contributed by atoms with E-state index in [9.17, 15) is 0 Å². The lowest BCUT2D eigenvalue weighted by Crippen LogP contribution is -2.39. The minimum atomic E-state index is 0.429. The van der Waals surface area contributed by atoms with E-state index in [1.807, 2.05) is 0 Å². The number of hydrogen-bond donors (Lipinski definition) is 0. The zero-order chi connectivity index (χ0) is 10.4. The summed E-state index contributed by atoms with van der Waals surface area (Å²) in [6, 6.07) is 6.56. The van der Waals surface area contributed by atoms with Gasteiger partial charge in [-0.1, -0.05) is 17.7 Å². The Morgan fingerprint density at radius 3 is 3.13 bits per heavy atom. The molecule has 2 atom stereocenters. The minimum Gasteiger partial charge on any atom is -0.489 e. The van der Waals surface area contributed by atoms with Crippen molar-refractivity contribution in [1.29, 1.82) is 0 Å². The van der Waals surface area contributed by atoms with Gasteiger partial charge in [0.05, 0.1) is 0 Å². The van der Waals surface area contributed by atoms with Crippen molar-refractivity contribution < 1.29 is 4.74 Å². The molecule has 80 valence electrons. The average Bonchev–Trinajstić information content (AvgIpc) is 2.56. The molecule has 0 N–H and O–H groups in total. The lowest BCUT2D eigenvalue weighted by atomic mass is 9.89. The number of nitrogens with zero attached hydrogens (tertiary/aromatic N) is 1. The van der Waals surface area contributed by atoms with Gasteiger partial charge in [0.25, 0.3) is 0 Å². The normalized spacial score (nSPS) is 29.5. The number of rotatable bonds is 0. The Labute approximate surface area is 90.8 Å². The van der Waals surface area contributed by atoms with Gasteiger partial charge in [-0.3, -0.25) is 0 Å². The Morgan fingerprint density at radius 1 is 1.40 bits per heavy atom. The second-order valence-electron chi connectivity index (χ2n) is 4.85. The van der Waals surface area contributed by atoms with E-state index in [2.05, 4.69) is 37.1 Å². The van der Waals surface area contributed by atoms with Crippen LogP contribution in [-0.2, 0) is 0 Å². The number of likely N-dealkylation sites (N-methyl/N-ethyl adjacent to an activating group) is 1. The highest BCUT2D eigenvalue weighted by atomic mass is 16.5. The predicted molar refractivity (Wildman–Crippen MR) is 60.5 cm³/mol. The third-order valence-electron chi connectivity index (χ3n) is 3.60. The average molecular weight is 203 g/mol. The molecule has 0 amide bonds. The summed E-state index contributed by atoms with van der Waals surface area (Å²) in [5.41, 5.74) is 2.76. The first kappa shape index (κ1) is 9.22. The monoisotopic (exact) mass is 203 g/mol. The van der Waals surface area contributed by atoms with Crippen molar-refractivity contribution in [3.63, 3.8) is 0 Å². The second kappa shape index (κ2) is 3.24. The topological polar surface area (TPSA) is 12.5 Å². The van der Waals surface area contributed by atoms with Gasteiger partial charge in [0.1, 0.15) is 11.9 Å². The molecule has 0 spiro atoms. The van der Waals surface area contributed by atoms with Crippen LogP contribution in [0.1, 0.15) is 23.5 Å². The van der Waals surface area contributed by atoms with E-state index in [-0.39, 0.29) is 0 Å². The molecular formula is C13H17NO. The van der Waals surface area contributed by atoms with E-state index in [0.717, 1.165) is 25.3 Å². The highest BCUT2D eigenvalue weighted by molar-refractivity contribution is 5.44. The molecule has 1 fully saturated rings. The number of aryl methyl sites for hydroxylation is 1. The first-order chi connectivity index (χ1) is 7.24. The van der Waals surface area contributed by atoms with Crippen LogP contribution in [0.15, 0.2) is 18.2 Å². The largest absolute Gasteiger partial charge is 0.489 e. The molecule has 0 radical (unpaired) electrons. The maximum atomic E-state index is 5.99. The summed E-state index contributed by atoms with van der Waals surface area (Å²) in [5, 5.41) is 0. The Balaban J connectivity index is 1.98. The van der Waals surface area contributed by atoms with E-state index >= 15 is 0 Å². The smallest absolute Gasteiger partial charge is 0.123 e. The number of hydrogen-bond acceptors (Lipinski definition) is 2. The third kappa shape index (κ3) is 1.44. The van der Waals surface area contributed by atoms with Crippen LogP contribution in [0.2, 0.25) is 0 Å². The first-order valence-corrected chi connectivity index (χ1v) is 5.70. The standard InChI is InChI=1S/C13H17NO/c1-9-3-4-12-10(7-9)11-8-14(2)6-5-13(11)15-12/h3-4,7,11,13H,5-6,8H2,1-2H3. The predicted octanol–water partition coefficient (Wildman–Crippen LogP) is 2.18. The van der Waals surface area contributed by atoms with Crippen LogP contribution in [0.3, 0.4) is 0 Å². The summed E-state index contributed by atoms with van der Waals surface area (Å²) in [6.07, 6.45) is 1.59. The molecule has 2 aliphatic heterocycles. The van der Waals surface area contributed by atoms with Gasteiger partial charge in [0.2, 0.25) is 0 Å². The van der Waals surface area contributed by atoms with Gasteiger partial charge < -0.3 is 9.64 Å². The molecule has 1 aromatic rings. The maximum absolute atomic E-state index is 5.99. The van der Waals surface area contributed by atoms with Crippen molar-refractivity contribution >= 4 is 0 Å². The first-order valence-electron chi connectivity index (χ1n) is 5.70. The second-order valence-corrected chi connectivity index (χ2v) is 4.85. The maximum Gasteiger partial charge on any atom is 0.123 e. The highest BCUT2D eigenvalue weighted by Crippen LogP contribution is 2.41. The number of piperidine rings is 1. The summed E-state index contributed by atoms with van der Waals surface area (Å²) >= 11 is 0. The molecule has 0 bridgehead atoms. The number of ether oxygens (including phenoxy) is 1. The summed E-state index contributed by atoms with van der Waals surface area (Å²) in [4.78, 5) is 2.40. The molecule has 2 heteroatoms. The van der Waals surface area contributed by atoms with E-state index in [1.54, 1.807) is 0 Å².